The van der Waals surface area contributed by atoms with Gasteiger partial charge in [-0.2, -0.15) is 0 Å². The Morgan fingerprint density at radius 2 is 2.06 bits per heavy atom. The molecule has 1 aromatic carbocycles. The van der Waals surface area contributed by atoms with E-state index >= 15 is 0 Å². The van der Waals surface area contributed by atoms with Crippen molar-refractivity contribution in [2.24, 2.45) is 5.41 Å². The van der Waals surface area contributed by atoms with Gasteiger partial charge in [0.15, 0.2) is 0 Å². The van der Waals surface area contributed by atoms with Crippen LogP contribution >= 0.6 is 0 Å². The molecule has 0 bridgehead atoms. The molecule has 2 fully saturated rings. The molecule has 7 heteroatoms. The largest absolute Gasteiger partial charge is 0.496 e. The van der Waals surface area contributed by atoms with Gasteiger partial charge < -0.3 is 18.9 Å². The van der Waals surface area contributed by atoms with Gasteiger partial charge in [-0.05, 0) is 26.3 Å². The van der Waals surface area contributed by atoms with Crippen molar-refractivity contribution in [3.05, 3.63) is 48.0 Å². The molecular weight excluding hydrogens is 392 g/mol. The number of benzene rings is 1. The Morgan fingerprint density at radius 3 is 2.77 bits per heavy atom. The highest BCUT2D eigenvalue weighted by Crippen LogP contribution is 2.50. The van der Waals surface area contributed by atoms with Crippen molar-refractivity contribution in [1.82, 2.24) is 19.4 Å². The van der Waals surface area contributed by atoms with Crippen LogP contribution in [0.15, 0.2) is 36.8 Å². The summed E-state index contributed by atoms with van der Waals surface area (Å²) < 4.78 is 12.9. The number of likely N-dealkylation sites (tertiary alicyclic amines) is 2. The van der Waals surface area contributed by atoms with Gasteiger partial charge in [-0.3, -0.25) is 9.69 Å². The van der Waals surface area contributed by atoms with E-state index in [1.54, 1.807) is 14.2 Å². The average molecular weight is 427 g/mol. The van der Waals surface area contributed by atoms with Crippen LogP contribution in [0.5, 0.6) is 5.75 Å². The second-order valence-corrected chi connectivity index (χ2v) is 9.06. The minimum Gasteiger partial charge on any atom is -0.496 e. The Balaban J connectivity index is 1.63. The van der Waals surface area contributed by atoms with Gasteiger partial charge >= 0.3 is 0 Å². The number of para-hydroxylation sites is 1. The Morgan fingerprint density at radius 1 is 1.26 bits per heavy atom. The molecule has 0 radical (unpaired) electrons. The van der Waals surface area contributed by atoms with Crippen LogP contribution in [0, 0.1) is 5.41 Å². The van der Waals surface area contributed by atoms with E-state index in [1.807, 2.05) is 29.4 Å². The van der Waals surface area contributed by atoms with E-state index in [1.165, 1.54) is 0 Å². The highest BCUT2D eigenvalue weighted by molar-refractivity contribution is 5.86. The first-order valence-corrected chi connectivity index (χ1v) is 11.1. The minimum atomic E-state index is -0.425. The van der Waals surface area contributed by atoms with Crippen LogP contribution in [-0.2, 0) is 16.1 Å². The van der Waals surface area contributed by atoms with Crippen LogP contribution < -0.4 is 4.74 Å². The smallest absolute Gasteiger partial charge is 0.230 e. The quantitative estimate of drug-likeness (QED) is 0.650. The summed E-state index contributed by atoms with van der Waals surface area (Å²) in [5.41, 5.74) is 1.75. The third-order valence-electron chi connectivity index (χ3n) is 6.88. The Labute approximate surface area is 184 Å². The van der Waals surface area contributed by atoms with Crippen molar-refractivity contribution in [3.63, 3.8) is 0 Å². The third-order valence-corrected chi connectivity index (χ3v) is 6.88. The lowest BCUT2D eigenvalue weighted by atomic mass is 9.75. The first-order chi connectivity index (χ1) is 15.0. The van der Waals surface area contributed by atoms with Gasteiger partial charge in [0, 0.05) is 63.6 Å². The van der Waals surface area contributed by atoms with Crippen LogP contribution in [0.3, 0.4) is 0 Å². The molecular formula is C24H34N4O3. The van der Waals surface area contributed by atoms with Crippen LogP contribution in [0.4, 0.5) is 0 Å². The number of ether oxygens (including phenoxy) is 2. The molecule has 168 valence electrons. The van der Waals surface area contributed by atoms with Gasteiger partial charge in [-0.1, -0.05) is 18.2 Å². The molecule has 2 saturated heterocycles. The van der Waals surface area contributed by atoms with Crippen LogP contribution in [0.25, 0.3) is 0 Å². The zero-order chi connectivity index (χ0) is 22.0. The van der Waals surface area contributed by atoms with Crippen molar-refractivity contribution in [2.75, 3.05) is 47.0 Å². The molecule has 1 aromatic heterocycles. The summed E-state index contributed by atoms with van der Waals surface area (Å²) in [6.07, 6.45) is 4.89. The number of carbonyl (C=O) groups excluding carboxylic acids is 1. The number of amides is 1. The lowest BCUT2D eigenvalue weighted by molar-refractivity contribution is -0.136. The molecule has 0 aliphatic carbocycles. The van der Waals surface area contributed by atoms with E-state index in [2.05, 4.69) is 35.6 Å². The number of imidazole rings is 1. The first kappa shape index (κ1) is 21.8. The standard InChI is InChI=1S/C24H34N4O3/c1-18(2)28-15-21(25-17-28)20-14-26(13-19-7-5-6-8-22(19)31-4)16-24(20)9-10-27(23(24)29)11-12-30-3/h5-8,15,17-18,20H,9-14,16H2,1-4H3/t20-,24+/m1/s1. The summed E-state index contributed by atoms with van der Waals surface area (Å²) in [5.74, 6) is 1.22. The molecule has 0 unspecified atom stereocenters. The van der Waals surface area contributed by atoms with Gasteiger partial charge in [0.2, 0.25) is 5.91 Å². The zero-order valence-electron chi connectivity index (χ0n) is 19.1. The summed E-state index contributed by atoms with van der Waals surface area (Å²) in [5, 5.41) is 0. The van der Waals surface area contributed by atoms with E-state index in [-0.39, 0.29) is 11.8 Å². The number of nitrogens with zero attached hydrogens (tertiary/aromatic N) is 4. The molecule has 2 aromatic rings. The molecule has 2 atom stereocenters. The highest BCUT2D eigenvalue weighted by Gasteiger charge is 2.57. The van der Waals surface area contributed by atoms with Crippen molar-refractivity contribution < 1.29 is 14.3 Å². The molecule has 0 N–H and O–H groups in total. The van der Waals surface area contributed by atoms with E-state index in [0.29, 0.717) is 19.2 Å². The van der Waals surface area contributed by atoms with Crippen molar-refractivity contribution in [1.29, 1.82) is 0 Å². The minimum absolute atomic E-state index is 0.0854. The topological polar surface area (TPSA) is 59.8 Å². The SMILES string of the molecule is COCCN1CC[C@@]2(CN(Cc3ccccc3OC)C[C@@H]2c2cn(C(C)C)cn2)C1=O. The fourth-order valence-corrected chi connectivity index (χ4v) is 5.14. The zero-order valence-corrected chi connectivity index (χ0v) is 19.1. The molecule has 0 saturated carbocycles. The maximum Gasteiger partial charge on any atom is 0.230 e. The van der Waals surface area contributed by atoms with Crippen molar-refractivity contribution in [3.8, 4) is 5.75 Å². The van der Waals surface area contributed by atoms with E-state index in [4.69, 9.17) is 14.5 Å². The number of hydrogen-bond donors (Lipinski definition) is 0. The summed E-state index contributed by atoms with van der Waals surface area (Å²) in [6.45, 7) is 8.62. The summed E-state index contributed by atoms with van der Waals surface area (Å²) in [7, 11) is 3.39. The molecule has 7 nitrogen and oxygen atoms in total. The predicted molar refractivity (Wildman–Crippen MR) is 119 cm³/mol. The summed E-state index contributed by atoms with van der Waals surface area (Å²) in [6, 6.07) is 8.48. The summed E-state index contributed by atoms with van der Waals surface area (Å²) in [4.78, 5) is 22.8. The molecule has 3 heterocycles. The number of hydrogen-bond acceptors (Lipinski definition) is 5. The number of aromatic nitrogens is 2. The predicted octanol–water partition coefficient (Wildman–Crippen LogP) is 2.94. The summed E-state index contributed by atoms with van der Waals surface area (Å²) >= 11 is 0. The van der Waals surface area contributed by atoms with Gasteiger partial charge in [0.05, 0.1) is 31.2 Å². The van der Waals surface area contributed by atoms with E-state index in [9.17, 15) is 4.79 Å². The van der Waals surface area contributed by atoms with Crippen molar-refractivity contribution >= 4 is 5.91 Å². The third kappa shape index (κ3) is 4.08. The van der Waals surface area contributed by atoms with Gasteiger partial charge in [-0.15, -0.1) is 0 Å². The number of methoxy groups -OCH3 is 2. The Bertz CT molecular complexity index is 912. The van der Waals surface area contributed by atoms with E-state index in [0.717, 1.165) is 49.6 Å². The fourth-order valence-electron chi connectivity index (χ4n) is 5.14. The Hall–Kier alpha value is -2.38. The fraction of sp³-hybridized carbons (Fsp3) is 0.583. The maximum atomic E-state index is 13.7. The normalized spacial score (nSPS) is 24.1. The molecule has 1 spiro atoms. The van der Waals surface area contributed by atoms with Crippen molar-refractivity contribution in [2.45, 2.75) is 38.8 Å². The maximum absolute atomic E-state index is 13.7. The van der Waals surface area contributed by atoms with Crippen LogP contribution in [0.2, 0.25) is 0 Å². The second-order valence-electron chi connectivity index (χ2n) is 9.06. The molecule has 1 amide bonds. The monoisotopic (exact) mass is 426 g/mol. The molecule has 2 aliphatic heterocycles. The highest BCUT2D eigenvalue weighted by atomic mass is 16.5. The van der Waals surface area contributed by atoms with Crippen LogP contribution in [0.1, 0.15) is 43.5 Å². The second kappa shape index (κ2) is 9.01. The molecule has 31 heavy (non-hydrogen) atoms. The molecule has 4 rings (SSSR count). The molecule has 2 aliphatic rings. The first-order valence-electron chi connectivity index (χ1n) is 11.1. The lowest BCUT2D eigenvalue weighted by Gasteiger charge is -2.28. The Kier molecular flexibility index (Phi) is 6.34. The van der Waals surface area contributed by atoms with Gasteiger partial charge in [-0.25, -0.2) is 4.98 Å². The van der Waals surface area contributed by atoms with Gasteiger partial charge in [0.25, 0.3) is 0 Å². The average Bonchev–Trinajstić information content (AvgIpc) is 3.46. The van der Waals surface area contributed by atoms with Crippen LogP contribution in [-0.4, -0.2) is 72.3 Å². The lowest BCUT2D eigenvalue weighted by Crippen LogP contribution is -2.40. The number of carbonyl (C=O) groups is 1. The number of rotatable bonds is 8. The van der Waals surface area contributed by atoms with E-state index < -0.39 is 5.41 Å². The van der Waals surface area contributed by atoms with Gasteiger partial charge in [0.1, 0.15) is 5.75 Å².